The van der Waals surface area contributed by atoms with E-state index in [1.807, 2.05) is 6.07 Å². The lowest BCUT2D eigenvalue weighted by molar-refractivity contribution is -0.385. The number of hydrogen-bond donors (Lipinski definition) is 2. The third-order valence-corrected chi connectivity index (χ3v) is 8.11. The number of rotatable bonds is 11. The summed E-state index contributed by atoms with van der Waals surface area (Å²) in [5, 5.41) is 32.8. The van der Waals surface area contributed by atoms with Gasteiger partial charge in [-0.15, -0.1) is 0 Å². The summed E-state index contributed by atoms with van der Waals surface area (Å²) in [5.74, 6) is 0. The first kappa shape index (κ1) is 29.5. The Kier molecular flexibility index (Phi) is 9.47. The van der Waals surface area contributed by atoms with Gasteiger partial charge >= 0.3 is 6.09 Å². The standard InChI is InChI=1S/C26H35N3O8S/c1-26(2,3)28(25(31)32)23(16-19-10-5-4-6-11-19)24(30)18-27(37-21-13-7-8-14-21)38(35,36)22-15-9-12-20(17-22)29(33)34/h4-6,9-12,15,17,21,23-24,30H,7-8,13-14,16,18H2,1-3H3,(H,31,32)/t23-,24-/m0/s1. The molecular formula is C26H35N3O8S. The maximum Gasteiger partial charge on any atom is 0.408 e. The van der Waals surface area contributed by atoms with E-state index >= 15 is 0 Å². The van der Waals surface area contributed by atoms with Gasteiger partial charge in [0.2, 0.25) is 0 Å². The Hall–Kier alpha value is -3.06. The summed E-state index contributed by atoms with van der Waals surface area (Å²) in [5.41, 5.74) is -0.557. The van der Waals surface area contributed by atoms with Crippen molar-refractivity contribution in [2.75, 3.05) is 6.54 Å². The van der Waals surface area contributed by atoms with Gasteiger partial charge in [0, 0.05) is 17.7 Å². The molecule has 1 saturated carbocycles. The van der Waals surface area contributed by atoms with E-state index in [0.717, 1.165) is 29.4 Å². The number of non-ortho nitro benzene ring substituents is 1. The first-order chi connectivity index (χ1) is 17.8. The predicted molar refractivity (Wildman–Crippen MR) is 140 cm³/mol. The zero-order chi connectivity index (χ0) is 28.1. The summed E-state index contributed by atoms with van der Waals surface area (Å²) in [6, 6.07) is 12.6. The van der Waals surface area contributed by atoms with Crippen molar-refractivity contribution < 1.29 is 33.2 Å². The number of carbonyl (C=O) groups is 1. The number of nitro benzene ring substituents is 1. The largest absolute Gasteiger partial charge is 0.465 e. The molecule has 2 aromatic rings. The summed E-state index contributed by atoms with van der Waals surface area (Å²) in [7, 11) is -4.45. The Morgan fingerprint density at radius 3 is 2.32 bits per heavy atom. The predicted octanol–water partition coefficient (Wildman–Crippen LogP) is 4.21. The molecule has 11 nitrogen and oxygen atoms in total. The van der Waals surface area contributed by atoms with Gasteiger partial charge in [-0.05, 0) is 51.7 Å². The van der Waals surface area contributed by atoms with Crippen molar-refractivity contribution >= 4 is 21.8 Å². The summed E-state index contributed by atoms with van der Waals surface area (Å²) in [4.78, 5) is 29.6. The molecule has 208 valence electrons. The molecule has 3 rings (SSSR count). The van der Waals surface area contributed by atoms with E-state index in [1.165, 1.54) is 18.2 Å². The number of amides is 1. The third-order valence-electron chi connectivity index (χ3n) is 6.49. The molecule has 1 aliphatic carbocycles. The number of hydroxylamine groups is 1. The number of nitrogens with zero attached hydrogens (tertiary/aromatic N) is 3. The Bertz CT molecular complexity index is 1210. The molecule has 1 aliphatic rings. The van der Waals surface area contributed by atoms with Crippen LogP contribution in [0.25, 0.3) is 0 Å². The monoisotopic (exact) mass is 549 g/mol. The molecule has 2 N–H and O–H groups in total. The van der Waals surface area contributed by atoms with E-state index < -0.39 is 57.1 Å². The number of carboxylic acid groups (broad SMARTS) is 1. The topological polar surface area (TPSA) is 151 Å². The van der Waals surface area contributed by atoms with Gasteiger partial charge < -0.3 is 10.2 Å². The van der Waals surface area contributed by atoms with Crippen molar-refractivity contribution in [1.29, 1.82) is 0 Å². The van der Waals surface area contributed by atoms with Gasteiger partial charge in [0.05, 0.1) is 34.6 Å². The van der Waals surface area contributed by atoms with Crippen molar-refractivity contribution in [1.82, 2.24) is 9.37 Å². The lowest BCUT2D eigenvalue weighted by Gasteiger charge is -2.42. The normalized spacial score (nSPS) is 16.3. The molecule has 2 aromatic carbocycles. The van der Waals surface area contributed by atoms with Crippen LogP contribution < -0.4 is 0 Å². The quantitative estimate of drug-likeness (QED) is 0.312. The minimum Gasteiger partial charge on any atom is -0.465 e. The molecule has 12 heteroatoms. The van der Waals surface area contributed by atoms with Gasteiger partial charge in [0.1, 0.15) is 0 Å². The number of benzene rings is 2. The Balaban J connectivity index is 2.00. The first-order valence-corrected chi connectivity index (χ1v) is 13.9. The van der Waals surface area contributed by atoms with Crippen LogP contribution in [0, 0.1) is 10.1 Å². The Morgan fingerprint density at radius 2 is 1.76 bits per heavy atom. The molecule has 1 fully saturated rings. The van der Waals surface area contributed by atoms with Gasteiger partial charge in [-0.2, -0.15) is 0 Å². The van der Waals surface area contributed by atoms with Gasteiger partial charge in [-0.25, -0.2) is 13.2 Å². The molecule has 0 spiro atoms. The van der Waals surface area contributed by atoms with Crippen LogP contribution in [0.1, 0.15) is 52.0 Å². The lowest BCUT2D eigenvalue weighted by atomic mass is 9.95. The number of hydrogen-bond acceptors (Lipinski definition) is 7. The van der Waals surface area contributed by atoms with Crippen LogP contribution in [-0.4, -0.2) is 69.3 Å². The van der Waals surface area contributed by atoms with E-state index in [2.05, 4.69) is 0 Å². The van der Waals surface area contributed by atoms with Gasteiger partial charge in [0.15, 0.2) is 0 Å². The summed E-state index contributed by atoms with van der Waals surface area (Å²) in [6.45, 7) is 4.51. The van der Waals surface area contributed by atoms with Crippen LogP contribution in [0.3, 0.4) is 0 Å². The van der Waals surface area contributed by atoms with E-state index in [-0.39, 0.29) is 11.3 Å². The number of aliphatic hydroxyl groups is 1. The Labute approximate surface area is 222 Å². The number of nitro groups is 1. The van der Waals surface area contributed by atoms with Gasteiger partial charge in [-0.3, -0.25) is 19.9 Å². The Morgan fingerprint density at radius 1 is 1.13 bits per heavy atom. The first-order valence-electron chi connectivity index (χ1n) is 12.5. The van der Waals surface area contributed by atoms with Crippen molar-refractivity contribution in [3.05, 3.63) is 70.3 Å². The second-order valence-electron chi connectivity index (χ2n) is 10.4. The highest BCUT2D eigenvalue weighted by atomic mass is 32.2. The van der Waals surface area contributed by atoms with E-state index in [0.29, 0.717) is 17.3 Å². The lowest BCUT2D eigenvalue weighted by Crippen LogP contribution is -2.58. The summed E-state index contributed by atoms with van der Waals surface area (Å²) < 4.78 is 28.0. The van der Waals surface area contributed by atoms with Crippen molar-refractivity contribution in [2.45, 2.75) is 81.6 Å². The SMILES string of the molecule is CC(C)(C)N(C(=O)O)[C@@H](Cc1ccccc1)[C@@H](O)CN(OC1CCCC1)S(=O)(=O)c1cccc([N+](=O)[O-])c1. The van der Waals surface area contributed by atoms with E-state index in [9.17, 15) is 33.5 Å². The minimum atomic E-state index is -4.45. The molecule has 0 radical (unpaired) electrons. The van der Waals surface area contributed by atoms with Crippen molar-refractivity contribution in [2.24, 2.45) is 0 Å². The molecule has 0 aliphatic heterocycles. The molecule has 2 atom stereocenters. The van der Waals surface area contributed by atoms with Gasteiger partial charge in [0.25, 0.3) is 15.7 Å². The van der Waals surface area contributed by atoms with Crippen molar-refractivity contribution in [3.63, 3.8) is 0 Å². The molecular weight excluding hydrogens is 514 g/mol. The zero-order valence-corrected chi connectivity index (χ0v) is 22.6. The maximum absolute atomic E-state index is 13.6. The summed E-state index contributed by atoms with van der Waals surface area (Å²) >= 11 is 0. The number of aliphatic hydroxyl groups excluding tert-OH is 1. The molecule has 0 unspecified atom stereocenters. The highest BCUT2D eigenvalue weighted by Crippen LogP contribution is 2.29. The molecule has 0 bridgehead atoms. The van der Waals surface area contributed by atoms with E-state index in [4.69, 9.17) is 4.84 Å². The highest BCUT2D eigenvalue weighted by Gasteiger charge is 2.40. The molecule has 0 heterocycles. The van der Waals surface area contributed by atoms with Crippen molar-refractivity contribution in [3.8, 4) is 0 Å². The molecule has 1 amide bonds. The average molecular weight is 550 g/mol. The average Bonchev–Trinajstić information content (AvgIpc) is 3.36. The number of sulfonamides is 1. The fourth-order valence-corrected chi connectivity index (χ4v) is 6.03. The second kappa shape index (κ2) is 12.2. The van der Waals surface area contributed by atoms with E-state index in [1.54, 1.807) is 45.0 Å². The van der Waals surface area contributed by atoms with Crippen LogP contribution in [0.4, 0.5) is 10.5 Å². The summed E-state index contributed by atoms with van der Waals surface area (Å²) in [6.07, 6.45) is -0.0955. The fourth-order valence-electron chi connectivity index (χ4n) is 4.69. The zero-order valence-electron chi connectivity index (χ0n) is 21.8. The van der Waals surface area contributed by atoms with Gasteiger partial charge in [-0.1, -0.05) is 53.7 Å². The van der Waals surface area contributed by atoms with Crippen LogP contribution in [0.5, 0.6) is 0 Å². The maximum atomic E-state index is 13.6. The molecule has 38 heavy (non-hydrogen) atoms. The van der Waals surface area contributed by atoms with Crippen LogP contribution in [0.2, 0.25) is 0 Å². The van der Waals surface area contributed by atoms with Crippen LogP contribution in [0.15, 0.2) is 59.5 Å². The minimum absolute atomic E-state index is 0.125. The van der Waals surface area contributed by atoms with Crippen LogP contribution in [-0.2, 0) is 21.3 Å². The third kappa shape index (κ3) is 7.28. The highest BCUT2D eigenvalue weighted by molar-refractivity contribution is 7.89. The molecule has 0 aromatic heterocycles. The van der Waals surface area contributed by atoms with Crippen LogP contribution >= 0.6 is 0 Å². The second-order valence-corrected chi connectivity index (χ2v) is 12.2. The fraction of sp³-hybridized carbons (Fsp3) is 0.500. The smallest absolute Gasteiger partial charge is 0.408 e. The molecule has 0 saturated heterocycles.